The Morgan fingerprint density at radius 1 is 1.19 bits per heavy atom. The van der Waals surface area contributed by atoms with Crippen LogP contribution in [0.25, 0.3) is 0 Å². The van der Waals surface area contributed by atoms with Crippen LogP contribution in [-0.2, 0) is 12.8 Å². The fraction of sp³-hybridized carbons (Fsp3) is 0.611. The Kier molecular flexibility index (Phi) is 4.18. The van der Waals surface area contributed by atoms with E-state index in [4.69, 9.17) is 5.73 Å². The maximum Gasteiger partial charge on any atom is 0.188 e. The topological polar surface area (TPSA) is 50.4 Å². The van der Waals surface area contributed by atoms with E-state index in [-0.39, 0.29) is 5.41 Å². The molecular formula is C18H27N3. The molecule has 0 heterocycles. The summed E-state index contributed by atoms with van der Waals surface area (Å²) in [5.41, 5.74) is 9.27. The third-order valence-electron chi connectivity index (χ3n) is 4.94. The minimum absolute atomic E-state index is 0.225. The summed E-state index contributed by atoms with van der Waals surface area (Å²) in [6.07, 6.45) is 8.70. The maximum absolute atomic E-state index is 6.09. The number of benzene rings is 1. The second-order valence-corrected chi connectivity index (χ2v) is 7.11. The van der Waals surface area contributed by atoms with Crippen LogP contribution in [0.5, 0.6) is 0 Å². The van der Waals surface area contributed by atoms with E-state index in [9.17, 15) is 0 Å². The number of aliphatic imine (C=N–C) groups is 1. The van der Waals surface area contributed by atoms with E-state index >= 15 is 0 Å². The van der Waals surface area contributed by atoms with Gasteiger partial charge in [0.15, 0.2) is 5.96 Å². The van der Waals surface area contributed by atoms with Crippen LogP contribution in [0.15, 0.2) is 29.3 Å². The highest BCUT2D eigenvalue weighted by Gasteiger charge is 2.32. The molecule has 0 amide bonds. The van der Waals surface area contributed by atoms with Crippen molar-refractivity contribution in [2.75, 3.05) is 6.54 Å². The predicted molar refractivity (Wildman–Crippen MR) is 88.5 cm³/mol. The smallest absolute Gasteiger partial charge is 0.188 e. The number of hydrogen-bond acceptors (Lipinski definition) is 1. The van der Waals surface area contributed by atoms with E-state index < -0.39 is 0 Å². The van der Waals surface area contributed by atoms with Gasteiger partial charge in [0, 0.05) is 12.6 Å². The van der Waals surface area contributed by atoms with E-state index in [2.05, 4.69) is 41.5 Å². The molecule has 2 aliphatic rings. The standard InChI is InChI=1S/C18H27N3/c1-18(11-14-7-5-6-8-15(14)12-18)13-20-17(19)21-16-9-3-2-4-10-16/h5-8,16H,2-4,9-13H2,1H3,(H3,19,20,21). The highest BCUT2D eigenvalue weighted by Crippen LogP contribution is 2.36. The molecule has 114 valence electrons. The largest absolute Gasteiger partial charge is 0.370 e. The van der Waals surface area contributed by atoms with Crippen LogP contribution in [0.1, 0.15) is 50.2 Å². The Morgan fingerprint density at radius 3 is 2.43 bits per heavy atom. The van der Waals surface area contributed by atoms with Gasteiger partial charge in [0.1, 0.15) is 0 Å². The Labute approximate surface area is 128 Å². The molecule has 0 aromatic heterocycles. The number of nitrogens with one attached hydrogen (secondary N) is 1. The molecule has 0 spiro atoms. The van der Waals surface area contributed by atoms with Crippen molar-refractivity contribution < 1.29 is 0 Å². The fourth-order valence-corrected chi connectivity index (χ4v) is 3.77. The molecule has 0 unspecified atom stereocenters. The van der Waals surface area contributed by atoms with Crippen molar-refractivity contribution in [2.45, 2.75) is 57.9 Å². The van der Waals surface area contributed by atoms with E-state index in [0.29, 0.717) is 12.0 Å². The first kappa shape index (κ1) is 14.4. The first-order chi connectivity index (χ1) is 10.1. The van der Waals surface area contributed by atoms with Gasteiger partial charge >= 0.3 is 0 Å². The van der Waals surface area contributed by atoms with E-state index in [1.807, 2.05) is 0 Å². The third-order valence-corrected chi connectivity index (χ3v) is 4.94. The second kappa shape index (κ2) is 6.08. The van der Waals surface area contributed by atoms with Crippen LogP contribution in [0.2, 0.25) is 0 Å². The van der Waals surface area contributed by atoms with Gasteiger partial charge in [-0.15, -0.1) is 0 Å². The van der Waals surface area contributed by atoms with Gasteiger partial charge in [-0.25, -0.2) is 0 Å². The number of guanidine groups is 1. The average Bonchev–Trinajstić information content (AvgIpc) is 2.83. The van der Waals surface area contributed by atoms with Gasteiger partial charge in [-0.1, -0.05) is 50.5 Å². The van der Waals surface area contributed by atoms with Crippen molar-refractivity contribution in [3.8, 4) is 0 Å². The van der Waals surface area contributed by atoms with E-state index in [1.54, 1.807) is 0 Å². The molecule has 1 aromatic rings. The monoisotopic (exact) mass is 285 g/mol. The van der Waals surface area contributed by atoms with Crippen LogP contribution in [0, 0.1) is 5.41 Å². The molecule has 2 aliphatic carbocycles. The third kappa shape index (κ3) is 3.58. The zero-order chi connectivity index (χ0) is 14.7. The lowest BCUT2D eigenvalue weighted by molar-refractivity contribution is 0.358. The predicted octanol–water partition coefficient (Wildman–Crippen LogP) is 3.03. The van der Waals surface area contributed by atoms with Gasteiger partial charge in [-0.05, 0) is 42.2 Å². The summed E-state index contributed by atoms with van der Waals surface area (Å²) in [6.45, 7) is 3.14. The van der Waals surface area contributed by atoms with Gasteiger partial charge in [-0.3, -0.25) is 4.99 Å². The molecule has 0 aliphatic heterocycles. The highest BCUT2D eigenvalue weighted by molar-refractivity contribution is 5.78. The highest BCUT2D eigenvalue weighted by atomic mass is 15.1. The summed E-state index contributed by atoms with van der Waals surface area (Å²) in [6, 6.07) is 9.29. The van der Waals surface area contributed by atoms with E-state index in [0.717, 1.165) is 19.4 Å². The quantitative estimate of drug-likeness (QED) is 0.662. The van der Waals surface area contributed by atoms with Crippen LogP contribution >= 0.6 is 0 Å². The normalized spacial score (nSPS) is 22.0. The maximum atomic E-state index is 6.09. The Balaban J connectivity index is 1.55. The summed E-state index contributed by atoms with van der Waals surface area (Å²) < 4.78 is 0. The molecule has 0 bridgehead atoms. The minimum atomic E-state index is 0.225. The lowest BCUT2D eigenvalue weighted by atomic mass is 9.87. The van der Waals surface area contributed by atoms with Crippen LogP contribution in [0.4, 0.5) is 0 Å². The lowest BCUT2D eigenvalue weighted by Crippen LogP contribution is -2.41. The van der Waals surface area contributed by atoms with Crippen molar-refractivity contribution in [3.63, 3.8) is 0 Å². The molecule has 0 radical (unpaired) electrons. The van der Waals surface area contributed by atoms with Gasteiger partial charge in [0.05, 0.1) is 0 Å². The number of nitrogens with two attached hydrogens (primary N) is 1. The van der Waals surface area contributed by atoms with Crippen molar-refractivity contribution in [2.24, 2.45) is 16.1 Å². The lowest BCUT2D eigenvalue weighted by Gasteiger charge is -2.25. The summed E-state index contributed by atoms with van der Waals surface area (Å²) in [5.74, 6) is 0.638. The zero-order valence-corrected chi connectivity index (χ0v) is 13.1. The number of hydrogen-bond donors (Lipinski definition) is 2. The number of fused-ring (bicyclic) bond motifs is 1. The fourth-order valence-electron chi connectivity index (χ4n) is 3.77. The second-order valence-electron chi connectivity index (χ2n) is 7.11. The molecule has 0 saturated heterocycles. The number of nitrogens with zero attached hydrogens (tertiary/aromatic N) is 1. The summed E-state index contributed by atoms with van der Waals surface area (Å²) in [4.78, 5) is 4.64. The Hall–Kier alpha value is -1.51. The molecule has 0 atom stereocenters. The van der Waals surface area contributed by atoms with Crippen molar-refractivity contribution in [3.05, 3.63) is 35.4 Å². The average molecular weight is 285 g/mol. The van der Waals surface area contributed by atoms with Gasteiger partial charge in [-0.2, -0.15) is 0 Å². The van der Waals surface area contributed by atoms with Crippen molar-refractivity contribution in [1.29, 1.82) is 0 Å². The van der Waals surface area contributed by atoms with Crippen molar-refractivity contribution >= 4 is 5.96 Å². The van der Waals surface area contributed by atoms with Gasteiger partial charge in [0.2, 0.25) is 0 Å². The first-order valence-electron chi connectivity index (χ1n) is 8.28. The Morgan fingerprint density at radius 2 is 1.81 bits per heavy atom. The Bertz CT molecular complexity index is 490. The molecule has 1 saturated carbocycles. The molecule has 3 rings (SSSR count). The van der Waals surface area contributed by atoms with Crippen LogP contribution in [0.3, 0.4) is 0 Å². The van der Waals surface area contributed by atoms with Crippen LogP contribution < -0.4 is 11.1 Å². The molecule has 3 nitrogen and oxygen atoms in total. The SMILES string of the molecule is CC1(CN=C(N)NC2CCCCC2)Cc2ccccc2C1. The molecular weight excluding hydrogens is 258 g/mol. The molecule has 1 aromatic carbocycles. The van der Waals surface area contributed by atoms with Gasteiger partial charge < -0.3 is 11.1 Å². The van der Waals surface area contributed by atoms with Crippen molar-refractivity contribution in [1.82, 2.24) is 5.32 Å². The summed E-state index contributed by atoms with van der Waals surface area (Å²) in [7, 11) is 0. The molecule has 21 heavy (non-hydrogen) atoms. The first-order valence-corrected chi connectivity index (χ1v) is 8.28. The van der Waals surface area contributed by atoms with Crippen LogP contribution in [-0.4, -0.2) is 18.5 Å². The van der Waals surface area contributed by atoms with Gasteiger partial charge in [0.25, 0.3) is 0 Å². The zero-order valence-electron chi connectivity index (χ0n) is 13.1. The summed E-state index contributed by atoms with van der Waals surface area (Å²) in [5, 5.41) is 3.41. The van der Waals surface area contributed by atoms with E-state index in [1.165, 1.54) is 43.2 Å². The summed E-state index contributed by atoms with van der Waals surface area (Å²) >= 11 is 0. The molecule has 1 fully saturated rings. The molecule has 3 heteroatoms. The minimum Gasteiger partial charge on any atom is -0.370 e. The number of rotatable bonds is 3. The molecule has 3 N–H and O–H groups in total.